The molecule has 0 aliphatic carbocycles. The first-order valence-electron chi connectivity index (χ1n) is 11.3. The van der Waals surface area contributed by atoms with E-state index in [-0.39, 0.29) is 6.10 Å². The van der Waals surface area contributed by atoms with Crippen molar-refractivity contribution >= 4 is 35.0 Å². The second-order valence-corrected chi connectivity index (χ2v) is 8.76. The van der Waals surface area contributed by atoms with Gasteiger partial charge in [-0.05, 0) is 48.4 Å². The van der Waals surface area contributed by atoms with Crippen LogP contribution in [-0.2, 0) is 22.4 Å². The zero-order valence-corrected chi connectivity index (χ0v) is 20.7. The Hall–Kier alpha value is -2.49. The average molecular weight is 501 g/mol. The topological polar surface area (TPSA) is 60.8 Å². The maximum atomic E-state index is 6.44. The minimum absolute atomic E-state index is 0.173. The van der Waals surface area contributed by atoms with Crippen LogP contribution in [0.25, 0.3) is 0 Å². The van der Waals surface area contributed by atoms with Gasteiger partial charge in [-0.3, -0.25) is 5.01 Å². The number of hydrogen-bond acceptors (Lipinski definition) is 6. The SMILES string of the molecule is CCNN(C=S)c1ccc(OCC2COC(CCc3ccc(Cl)cc3)(Cn3ccnc3)O2)cc1. The highest BCUT2D eigenvalue weighted by atomic mass is 35.5. The van der Waals surface area contributed by atoms with Crippen LogP contribution >= 0.6 is 23.8 Å². The Kier molecular flexibility index (Phi) is 8.53. The highest BCUT2D eigenvalue weighted by Gasteiger charge is 2.42. The van der Waals surface area contributed by atoms with Crippen LogP contribution in [0.4, 0.5) is 5.69 Å². The van der Waals surface area contributed by atoms with Crippen molar-refractivity contribution in [2.75, 3.05) is 24.8 Å². The summed E-state index contributed by atoms with van der Waals surface area (Å²) in [5.74, 6) is 0.0190. The minimum atomic E-state index is -0.746. The molecule has 1 aromatic heterocycles. The van der Waals surface area contributed by atoms with Crippen molar-refractivity contribution in [1.29, 1.82) is 0 Å². The maximum absolute atomic E-state index is 6.44. The minimum Gasteiger partial charge on any atom is -0.491 e. The summed E-state index contributed by atoms with van der Waals surface area (Å²) in [6, 6.07) is 15.6. The van der Waals surface area contributed by atoms with Gasteiger partial charge in [0.15, 0.2) is 5.79 Å². The molecule has 1 saturated heterocycles. The third-order valence-electron chi connectivity index (χ3n) is 5.59. The van der Waals surface area contributed by atoms with Gasteiger partial charge < -0.3 is 18.8 Å². The second kappa shape index (κ2) is 11.8. The van der Waals surface area contributed by atoms with Crippen LogP contribution in [0.15, 0.2) is 67.3 Å². The number of nitrogens with one attached hydrogen (secondary N) is 1. The summed E-state index contributed by atoms with van der Waals surface area (Å²) in [4.78, 5) is 4.15. The van der Waals surface area contributed by atoms with E-state index < -0.39 is 5.79 Å². The fourth-order valence-corrected chi connectivity index (χ4v) is 4.21. The van der Waals surface area contributed by atoms with Crippen LogP contribution in [0.3, 0.4) is 0 Å². The molecule has 1 aliphatic rings. The summed E-state index contributed by atoms with van der Waals surface area (Å²) in [7, 11) is 0. The molecule has 34 heavy (non-hydrogen) atoms. The average Bonchev–Trinajstić information content (AvgIpc) is 3.52. The molecule has 2 atom stereocenters. The van der Waals surface area contributed by atoms with Crippen molar-refractivity contribution in [2.24, 2.45) is 0 Å². The van der Waals surface area contributed by atoms with Gasteiger partial charge in [-0.15, -0.1) is 0 Å². The number of hydrogen-bond donors (Lipinski definition) is 1. The molecule has 9 heteroatoms. The van der Waals surface area contributed by atoms with Gasteiger partial charge >= 0.3 is 0 Å². The van der Waals surface area contributed by atoms with Gasteiger partial charge in [0.2, 0.25) is 0 Å². The van der Waals surface area contributed by atoms with Gasteiger partial charge in [0.25, 0.3) is 0 Å². The summed E-state index contributed by atoms with van der Waals surface area (Å²) in [6.07, 6.45) is 6.79. The molecule has 7 nitrogen and oxygen atoms in total. The van der Waals surface area contributed by atoms with E-state index in [9.17, 15) is 0 Å². The van der Waals surface area contributed by atoms with Gasteiger partial charge in [0.05, 0.1) is 30.7 Å². The molecule has 1 fully saturated rings. The maximum Gasteiger partial charge on any atom is 0.187 e. The van der Waals surface area contributed by atoms with E-state index in [1.807, 2.05) is 66.2 Å². The van der Waals surface area contributed by atoms with E-state index in [0.717, 1.165) is 29.4 Å². The molecule has 0 bridgehead atoms. The molecule has 2 heterocycles. The Bertz CT molecular complexity index is 1030. The molecule has 0 amide bonds. The van der Waals surface area contributed by atoms with Crippen molar-refractivity contribution in [3.8, 4) is 5.75 Å². The van der Waals surface area contributed by atoms with E-state index in [1.165, 1.54) is 5.56 Å². The molecule has 3 aromatic rings. The number of aromatic nitrogens is 2. The van der Waals surface area contributed by atoms with Gasteiger partial charge in [-0.2, -0.15) is 0 Å². The fraction of sp³-hybridized carbons (Fsp3) is 0.360. The lowest BCUT2D eigenvalue weighted by Gasteiger charge is -2.28. The van der Waals surface area contributed by atoms with Crippen molar-refractivity contribution in [1.82, 2.24) is 15.0 Å². The first kappa shape index (κ1) is 24.6. The molecular formula is C25H29ClN4O3S. The summed E-state index contributed by atoms with van der Waals surface area (Å²) in [5.41, 5.74) is 6.89. The van der Waals surface area contributed by atoms with Crippen LogP contribution in [-0.4, -0.2) is 46.7 Å². The van der Waals surface area contributed by atoms with Crippen LogP contribution in [0, 0.1) is 0 Å². The van der Waals surface area contributed by atoms with Gasteiger partial charge in [-0.1, -0.05) is 42.9 Å². The summed E-state index contributed by atoms with van der Waals surface area (Å²) in [6.45, 7) is 4.23. The molecular weight excluding hydrogens is 472 g/mol. The number of halogens is 1. The molecule has 0 saturated carbocycles. The number of nitrogens with zero attached hydrogens (tertiary/aromatic N) is 3. The highest BCUT2D eigenvalue weighted by Crippen LogP contribution is 2.31. The summed E-state index contributed by atoms with van der Waals surface area (Å²) >= 11 is 11.1. The van der Waals surface area contributed by atoms with E-state index in [4.69, 9.17) is 38.0 Å². The third kappa shape index (κ3) is 6.55. The number of ether oxygens (including phenoxy) is 3. The van der Waals surface area contributed by atoms with E-state index in [1.54, 1.807) is 23.0 Å². The Balaban J connectivity index is 1.36. The lowest BCUT2D eigenvalue weighted by atomic mass is 10.0. The van der Waals surface area contributed by atoms with Crippen molar-refractivity contribution in [3.05, 3.63) is 77.8 Å². The molecule has 1 aliphatic heterocycles. The lowest BCUT2D eigenvalue weighted by molar-refractivity contribution is -0.184. The van der Waals surface area contributed by atoms with E-state index in [2.05, 4.69) is 10.4 Å². The Labute approximate surface area is 210 Å². The predicted octanol–water partition coefficient (Wildman–Crippen LogP) is 4.65. The summed E-state index contributed by atoms with van der Waals surface area (Å²) in [5, 5.41) is 2.53. The Morgan fingerprint density at radius 3 is 2.74 bits per heavy atom. The number of anilines is 1. The van der Waals surface area contributed by atoms with Crippen molar-refractivity contribution in [3.63, 3.8) is 0 Å². The number of imidazole rings is 1. The monoisotopic (exact) mass is 500 g/mol. The molecule has 0 spiro atoms. The number of thiocarbonyl (C=S) groups is 1. The van der Waals surface area contributed by atoms with Crippen LogP contribution in [0.5, 0.6) is 5.75 Å². The van der Waals surface area contributed by atoms with E-state index >= 15 is 0 Å². The molecule has 1 N–H and O–H groups in total. The Morgan fingerprint density at radius 2 is 2.06 bits per heavy atom. The number of benzene rings is 2. The highest BCUT2D eigenvalue weighted by molar-refractivity contribution is 7.79. The number of aryl methyl sites for hydroxylation is 1. The molecule has 180 valence electrons. The van der Waals surface area contributed by atoms with Crippen molar-refractivity contribution < 1.29 is 14.2 Å². The normalized spacial score (nSPS) is 19.8. The molecule has 4 rings (SSSR count). The fourth-order valence-electron chi connectivity index (χ4n) is 3.89. The van der Waals surface area contributed by atoms with Gasteiger partial charge in [0.1, 0.15) is 18.5 Å². The molecule has 0 radical (unpaired) electrons. The lowest BCUT2D eigenvalue weighted by Crippen LogP contribution is -2.37. The largest absolute Gasteiger partial charge is 0.491 e. The van der Waals surface area contributed by atoms with E-state index in [0.29, 0.717) is 26.2 Å². The first-order chi connectivity index (χ1) is 16.6. The van der Waals surface area contributed by atoms with Crippen molar-refractivity contribution in [2.45, 2.75) is 38.2 Å². The number of hydrazine groups is 1. The smallest absolute Gasteiger partial charge is 0.187 e. The summed E-state index contributed by atoms with van der Waals surface area (Å²) < 4.78 is 20.7. The molecule has 2 unspecified atom stereocenters. The zero-order chi connectivity index (χ0) is 23.8. The standard InChI is InChI=1S/C25H29ClN4O3S/c1-2-28-30(19-34)22-7-9-23(10-8-22)31-15-24-16-32-25(33-24,17-29-14-13-27-18-29)12-11-20-3-5-21(26)6-4-20/h3-10,13-14,18-19,24,28H,2,11-12,15-17H2,1H3. The quantitative estimate of drug-likeness (QED) is 0.287. The second-order valence-electron chi connectivity index (χ2n) is 8.12. The Morgan fingerprint density at radius 1 is 1.26 bits per heavy atom. The number of rotatable bonds is 12. The van der Waals surface area contributed by atoms with Gasteiger partial charge in [-0.25, -0.2) is 10.4 Å². The van der Waals surface area contributed by atoms with Crippen LogP contribution < -0.4 is 15.2 Å². The predicted molar refractivity (Wildman–Crippen MR) is 137 cm³/mol. The van der Waals surface area contributed by atoms with Gasteiger partial charge in [0, 0.05) is 30.4 Å². The third-order valence-corrected chi connectivity index (χ3v) is 6.05. The first-order valence-corrected chi connectivity index (χ1v) is 12.2. The zero-order valence-electron chi connectivity index (χ0n) is 19.1. The molecule has 2 aromatic carbocycles. The van der Waals surface area contributed by atoms with Crippen LogP contribution in [0.1, 0.15) is 18.9 Å². The van der Waals surface area contributed by atoms with Crippen LogP contribution in [0.2, 0.25) is 5.02 Å².